The van der Waals surface area contributed by atoms with Crippen LogP contribution >= 0.6 is 0 Å². The second-order valence-electron chi connectivity index (χ2n) is 4.35. The number of halogens is 1. The maximum Gasteiger partial charge on any atom is 0.146 e. The van der Waals surface area contributed by atoms with Crippen molar-refractivity contribution in [1.82, 2.24) is 9.78 Å². The van der Waals surface area contributed by atoms with E-state index in [1.165, 1.54) is 11.8 Å². The number of rotatable bonds is 4. The Bertz CT molecular complexity index is 546. The summed E-state index contributed by atoms with van der Waals surface area (Å²) in [7, 11) is 0. The number of aryl methyl sites for hydroxylation is 2. The SMILES string of the molecule is CCc1cc(CC)n(Cc2ccc(N)c(F)c2)n1. The summed E-state index contributed by atoms with van der Waals surface area (Å²) >= 11 is 0. The highest BCUT2D eigenvalue weighted by Crippen LogP contribution is 2.14. The quantitative estimate of drug-likeness (QED) is 0.844. The summed E-state index contributed by atoms with van der Waals surface area (Å²) in [5.74, 6) is -0.367. The standard InChI is InChI=1S/C14H18FN3/c1-3-11-8-12(4-2)18(17-11)9-10-5-6-14(16)13(15)7-10/h5-8H,3-4,9,16H2,1-2H3. The fourth-order valence-corrected chi connectivity index (χ4v) is 1.95. The second kappa shape index (κ2) is 5.21. The van der Waals surface area contributed by atoms with Gasteiger partial charge in [-0.1, -0.05) is 19.9 Å². The predicted octanol–water partition coefficient (Wildman–Crippen LogP) is 2.78. The lowest BCUT2D eigenvalue weighted by Gasteiger charge is -2.07. The molecule has 0 amide bonds. The van der Waals surface area contributed by atoms with Crippen molar-refractivity contribution in [2.24, 2.45) is 0 Å². The van der Waals surface area contributed by atoms with Gasteiger partial charge in [-0.2, -0.15) is 5.10 Å². The van der Waals surface area contributed by atoms with Crippen LogP contribution < -0.4 is 5.73 Å². The first-order chi connectivity index (χ1) is 8.63. The Morgan fingerprint density at radius 1 is 1.22 bits per heavy atom. The normalized spacial score (nSPS) is 10.8. The van der Waals surface area contributed by atoms with E-state index in [1.54, 1.807) is 6.07 Å². The van der Waals surface area contributed by atoms with Gasteiger partial charge in [0.15, 0.2) is 0 Å². The zero-order valence-corrected chi connectivity index (χ0v) is 10.8. The van der Waals surface area contributed by atoms with Crippen LogP contribution in [0.1, 0.15) is 30.8 Å². The van der Waals surface area contributed by atoms with Gasteiger partial charge in [0.25, 0.3) is 0 Å². The molecule has 2 aromatic rings. The number of hydrogen-bond acceptors (Lipinski definition) is 2. The van der Waals surface area contributed by atoms with Crippen molar-refractivity contribution in [3.63, 3.8) is 0 Å². The van der Waals surface area contributed by atoms with E-state index in [0.717, 1.165) is 24.1 Å². The molecule has 0 aliphatic rings. The molecule has 1 aromatic heterocycles. The average molecular weight is 247 g/mol. The molecule has 4 heteroatoms. The third-order valence-corrected chi connectivity index (χ3v) is 3.04. The number of nitrogen functional groups attached to an aromatic ring is 1. The molecule has 0 radical (unpaired) electrons. The van der Waals surface area contributed by atoms with Crippen molar-refractivity contribution < 1.29 is 4.39 Å². The zero-order valence-electron chi connectivity index (χ0n) is 10.8. The van der Waals surface area contributed by atoms with E-state index >= 15 is 0 Å². The fraction of sp³-hybridized carbons (Fsp3) is 0.357. The van der Waals surface area contributed by atoms with E-state index in [9.17, 15) is 4.39 Å². The molecule has 0 bridgehead atoms. The molecule has 96 valence electrons. The minimum absolute atomic E-state index is 0.184. The molecule has 2 N–H and O–H groups in total. The smallest absolute Gasteiger partial charge is 0.146 e. The highest BCUT2D eigenvalue weighted by molar-refractivity contribution is 5.41. The van der Waals surface area contributed by atoms with E-state index in [0.29, 0.717) is 6.54 Å². The number of hydrogen-bond donors (Lipinski definition) is 1. The van der Waals surface area contributed by atoms with Gasteiger partial charge >= 0.3 is 0 Å². The van der Waals surface area contributed by atoms with E-state index in [4.69, 9.17) is 5.73 Å². The Hall–Kier alpha value is -1.84. The summed E-state index contributed by atoms with van der Waals surface area (Å²) in [6, 6.07) is 7.02. The third-order valence-electron chi connectivity index (χ3n) is 3.04. The summed E-state index contributed by atoms with van der Waals surface area (Å²) in [5.41, 5.74) is 8.77. The van der Waals surface area contributed by atoms with Gasteiger partial charge in [-0.05, 0) is 36.6 Å². The summed E-state index contributed by atoms with van der Waals surface area (Å²) in [6.07, 6.45) is 1.83. The molecule has 0 aliphatic carbocycles. The Labute approximate surface area is 106 Å². The Morgan fingerprint density at radius 3 is 2.61 bits per heavy atom. The van der Waals surface area contributed by atoms with E-state index in [2.05, 4.69) is 25.0 Å². The van der Waals surface area contributed by atoms with E-state index < -0.39 is 0 Å². The molecule has 3 nitrogen and oxygen atoms in total. The Morgan fingerprint density at radius 2 is 2.00 bits per heavy atom. The van der Waals surface area contributed by atoms with Crippen LogP contribution in [0.4, 0.5) is 10.1 Å². The van der Waals surface area contributed by atoms with Crippen molar-refractivity contribution in [2.75, 3.05) is 5.73 Å². The van der Waals surface area contributed by atoms with Crippen LogP contribution in [-0.4, -0.2) is 9.78 Å². The lowest BCUT2D eigenvalue weighted by molar-refractivity contribution is 0.615. The summed E-state index contributed by atoms with van der Waals surface area (Å²) in [5, 5.41) is 4.51. The first-order valence-electron chi connectivity index (χ1n) is 6.23. The average Bonchev–Trinajstić information content (AvgIpc) is 2.76. The molecule has 1 aromatic carbocycles. The number of nitrogens with two attached hydrogens (primary N) is 1. The Balaban J connectivity index is 2.27. The van der Waals surface area contributed by atoms with Crippen LogP contribution in [0.15, 0.2) is 24.3 Å². The molecule has 0 atom stereocenters. The zero-order chi connectivity index (χ0) is 13.1. The van der Waals surface area contributed by atoms with E-state index in [-0.39, 0.29) is 11.5 Å². The first-order valence-corrected chi connectivity index (χ1v) is 6.23. The third kappa shape index (κ3) is 2.53. The van der Waals surface area contributed by atoms with Crippen LogP contribution in [0.2, 0.25) is 0 Å². The Kier molecular flexibility index (Phi) is 3.65. The van der Waals surface area contributed by atoms with Crippen LogP contribution in [0, 0.1) is 5.82 Å². The van der Waals surface area contributed by atoms with Gasteiger partial charge in [-0.15, -0.1) is 0 Å². The predicted molar refractivity (Wildman–Crippen MR) is 70.9 cm³/mol. The van der Waals surface area contributed by atoms with Crippen LogP contribution in [0.3, 0.4) is 0 Å². The minimum atomic E-state index is -0.367. The summed E-state index contributed by atoms with van der Waals surface area (Å²) < 4.78 is 15.3. The second-order valence-corrected chi connectivity index (χ2v) is 4.35. The van der Waals surface area contributed by atoms with Crippen molar-refractivity contribution in [3.8, 4) is 0 Å². The summed E-state index contributed by atoms with van der Waals surface area (Å²) in [6.45, 7) is 4.76. The van der Waals surface area contributed by atoms with Crippen LogP contribution in [0.5, 0.6) is 0 Å². The molecular weight excluding hydrogens is 229 g/mol. The molecule has 0 saturated heterocycles. The largest absolute Gasteiger partial charge is 0.396 e. The maximum absolute atomic E-state index is 13.4. The molecule has 0 fully saturated rings. The van der Waals surface area contributed by atoms with Gasteiger partial charge in [-0.3, -0.25) is 4.68 Å². The van der Waals surface area contributed by atoms with Crippen molar-refractivity contribution in [1.29, 1.82) is 0 Å². The number of aromatic nitrogens is 2. The monoisotopic (exact) mass is 247 g/mol. The van der Waals surface area contributed by atoms with Gasteiger partial charge in [0, 0.05) is 5.69 Å². The number of nitrogens with zero attached hydrogens (tertiary/aromatic N) is 2. The molecule has 0 spiro atoms. The van der Waals surface area contributed by atoms with E-state index in [1.807, 2.05) is 10.7 Å². The maximum atomic E-state index is 13.4. The number of benzene rings is 1. The molecule has 0 saturated carbocycles. The molecule has 2 rings (SSSR count). The summed E-state index contributed by atoms with van der Waals surface area (Å²) in [4.78, 5) is 0. The van der Waals surface area contributed by atoms with Gasteiger partial charge in [0.2, 0.25) is 0 Å². The molecule has 18 heavy (non-hydrogen) atoms. The van der Waals surface area contributed by atoms with Crippen LogP contribution in [-0.2, 0) is 19.4 Å². The fourth-order valence-electron chi connectivity index (χ4n) is 1.95. The van der Waals surface area contributed by atoms with Crippen molar-refractivity contribution in [2.45, 2.75) is 33.2 Å². The van der Waals surface area contributed by atoms with Crippen molar-refractivity contribution >= 4 is 5.69 Å². The van der Waals surface area contributed by atoms with Gasteiger partial charge in [0.05, 0.1) is 17.9 Å². The van der Waals surface area contributed by atoms with Gasteiger partial charge in [-0.25, -0.2) is 4.39 Å². The highest BCUT2D eigenvalue weighted by Gasteiger charge is 2.07. The first kappa shape index (κ1) is 12.6. The number of anilines is 1. The minimum Gasteiger partial charge on any atom is -0.396 e. The lowest BCUT2D eigenvalue weighted by Crippen LogP contribution is -2.06. The molecular formula is C14H18FN3. The van der Waals surface area contributed by atoms with Gasteiger partial charge < -0.3 is 5.73 Å². The molecule has 0 unspecified atom stereocenters. The molecule has 1 heterocycles. The highest BCUT2D eigenvalue weighted by atomic mass is 19.1. The van der Waals surface area contributed by atoms with Crippen LogP contribution in [0.25, 0.3) is 0 Å². The topological polar surface area (TPSA) is 43.8 Å². The lowest BCUT2D eigenvalue weighted by atomic mass is 10.2. The molecule has 0 aliphatic heterocycles. The van der Waals surface area contributed by atoms with Crippen molar-refractivity contribution in [3.05, 3.63) is 47.0 Å². The van der Waals surface area contributed by atoms with Gasteiger partial charge in [0.1, 0.15) is 5.82 Å².